The van der Waals surface area contributed by atoms with Crippen LogP contribution >= 0.6 is 7.14 Å². The van der Waals surface area contributed by atoms with Crippen LogP contribution in [0.2, 0.25) is 0 Å². The summed E-state index contributed by atoms with van der Waals surface area (Å²) in [5.41, 5.74) is 15.2. The van der Waals surface area contributed by atoms with E-state index in [2.05, 4.69) is 6.92 Å². The standard InChI is InChI=1S/C26H25N2OP/c1-26(20-12-16-22(27)17-13-20,21-14-18-23(28)19-15-21)30(29,24-8-4-2-5-9-24)25-10-6-3-7-11-25/h2-19H,27-28H2,1H3. The Morgan fingerprint density at radius 2 is 0.900 bits per heavy atom. The van der Waals surface area contributed by atoms with Gasteiger partial charge in [0.15, 0.2) is 7.14 Å². The molecule has 3 nitrogen and oxygen atoms in total. The lowest BCUT2D eigenvalue weighted by Crippen LogP contribution is -2.34. The van der Waals surface area contributed by atoms with Crippen molar-refractivity contribution < 1.29 is 4.57 Å². The lowest BCUT2D eigenvalue weighted by Gasteiger charge is -2.40. The molecule has 0 aliphatic carbocycles. The van der Waals surface area contributed by atoms with Gasteiger partial charge in [-0.05, 0) is 42.3 Å². The molecule has 0 saturated carbocycles. The Kier molecular flexibility index (Phi) is 5.24. The molecular formula is C26H25N2OP. The van der Waals surface area contributed by atoms with Crippen LogP contribution in [0.25, 0.3) is 0 Å². The molecule has 150 valence electrons. The van der Waals surface area contributed by atoms with E-state index in [0.29, 0.717) is 11.4 Å². The third kappa shape index (κ3) is 3.22. The van der Waals surface area contributed by atoms with Crippen LogP contribution in [-0.4, -0.2) is 0 Å². The first-order valence-corrected chi connectivity index (χ1v) is 11.6. The second kappa shape index (κ2) is 7.85. The molecule has 4 heteroatoms. The third-order valence-corrected chi connectivity index (χ3v) is 9.64. The summed E-state index contributed by atoms with van der Waals surface area (Å²) in [7, 11) is -3.20. The number of rotatable bonds is 5. The Morgan fingerprint density at radius 3 is 1.23 bits per heavy atom. The van der Waals surface area contributed by atoms with E-state index in [9.17, 15) is 0 Å². The van der Waals surface area contributed by atoms with Crippen molar-refractivity contribution in [3.63, 3.8) is 0 Å². The summed E-state index contributed by atoms with van der Waals surface area (Å²) in [6.07, 6.45) is 0. The number of anilines is 2. The lowest BCUT2D eigenvalue weighted by molar-refractivity contribution is 0.567. The fraction of sp³-hybridized carbons (Fsp3) is 0.0769. The van der Waals surface area contributed by atoms with Crippen LogP contribution in [0.1, 0.15) is 18.1 Å². The average Bonchev–Trinajstić information content (AvgIpc) is 2.80. The van der Waals surface area contributed by atoms with Crippen molar-refractivity contribution in [2.45, 2.75) is 12.1 Å². The maximum atomic E-state index is 15.3. The largest absolute Gasteiger partial charge is 0.399 e. The predicted octanol–water partition coefficient (Wildman–Crippen LogP) is 5.13. The van der Waals surface area contributed by atoms with E-state index in [1.165, 1.54) is 0 Å². The van der Waals surface area contributed by atoms with Gasteiger partial charge in [0.1, 0.15) is 0 Å². The van der Waals surface area contributed by atoms with Gasteiger partial charge in [-0.2, -0.15) is 0 Å². The predicted molar refractivity (Wildman–Crippen MR) is 128 cm³/mol. The van der Waals surface area contributed by atoms with E-state index >= 15 is 4.57 Å². The fourth-order valence-corrected chi connectivity index (χ4v) is 7.63. The first kappa shape index (κ1) is 20.0. The Balaban J connectivity index is 2.10. The molecule has 0 aromatic heterocycles. The Morgan fingerprint density at radius 1 is 0.567 bits per heavy atom. The van der Waals surface area contributed by atoms with Gasteiger partial charge in [0.25, 0.3) is 0 Å². The number of nitrogens with two attached hydrogens (primary N) is 2. The minimum Gasteiger partial charge on any atom is -0.399 e. The van der Waals surface area contributed by atoms with Crippen LogP contribution < -0.4 is 22.1 Å². The number of hydrogen-bond acceptors (Lipinski definition) is 3. The third-order valence-electron chi connectivity index (χ3n) is 5.81. The van der Waals surface area contributed by atoms with E-state index in [1.54, 1.807) is 0 Å². The van der Waals surface area contributed by atoms with Gasteiger partial charge in [0.2, 0.25) is 0 Å². The molecule has 0 radical (unpaired) electrons. The molecule has 0 aliphatic heterocycles. The van der Waals surface area contributed by atoms with Gasteiger partial charge in [-0.15, -0.1) is 0 Å². The molecule has 30 heavy (non-hydrogen) atoms. The highest BCUT2D eigenvalue weighted by atomic mass is 31.2. The van der Waals surface area contributed by atoms with Crippen molar-refractivity contribution in [3.8, 4) is 0 Å². The van der Waals surface area contributed by atoms with Crippen molar-refractivity contribution >= 4 is 29.1 Å². The monoisotopic (exact) mass is 412 g/mol. The summed E-state index contributed by atoms with van der Waals surface area (Å²) in [5, 5.41) is 0.802. The summed E-state index contributed by atoms with van der Waals surface area (Å²) in [6.45, 7) is 2.06. The Labute approximate surface area is 177 Å². The molecule has 0 aliphatic rings. The molecule has 0 heterocycles. The SMILES string of the molecule is CC(c1ccc(N)cc1)(c1ccc(N)cc1)P(=O)(c1ccccc1)c1ccccc1. The quantitative estimate of drug-likeness (QED) is 0.353. The topological polar surface area (TPSA) is 69.1 Å². The molecule has 4 rings (SSSR count). The van der Waals surface area contributed by atoms with E-state index in [1.807, 2.05) is 109 Å². The van der Waals surface area contributed by atoms with Crippen molar-refractivity contribution in [1.29, 1.82) is 0 Å². The van der Waals surface area contributed by atoms with Crippen LogP contribution in [-0.2, 0) is 9.72 Å². The second-order valence-electron chi connectivity index (χ2n) is 7.60. The minimum absolute atomic E-state index is 0.674. The molecule has 0 spiro atoms. The molecule has 0 atom stereocenters. The molecule has 0 saturated heterocycles. The number of hydrogen-bond donors (Lipinski definition) is 2. The first-order chi connectivity index (χ1) is 14.5. The van der Waals surface area contributed by atoms with Gasteiger partial charge < -0.3 is 16.0 Å². The number of benzene rings is 4. The van der Waals surface area contributed by atoms with Crippen molar-refractivity contribution in [2.24, 2.45) is 0 Å². The van der Waals surface area contributed by atoms with Gasteiger partial charge in [-0.1, -0.05) is 84.9 Å². The van der Waals surface area contributed by atoms with Crippen LogP contribution in [0.5, 0.6) is 0 Å². The highest BCUT2D eigenvalue weighted by molar-refractivity contribution is 7.79. The summed E-state index contributed by atoms with van der Waals surface area (Å²) < 4.78 is 15.3. The maximum absolute atomic E-state index is 15.3. The zero-order valence-electron chi connectivity index (χ0n) is 16.9. The summed E-state index contributed by atoms with van der Waals surface area (Å²) in [6, 6.07) is 34.9. The zero-order valence-corrected chi connectivity index (χ0v) is 17.8. The van der Waals surface area contributed by atoms with Crippen LogP contribution in [0.4, 0.5) is 11.4 Å². The molecular weight excluding hydrogens is 387 g/mol. The Bertz CT molecular complexity index is 1080. The maximum Gasteiger partial charge on any atom is 0.157 e. The normalized spacial score (nSPS) is 11.9. The lowest BCUT2D eigenvalue weighted by atomic mass is 9.91. The van der Waals surface area contributed by atoms with E-state index in [4.69, 9.17) is 11.5 Å². The number of nitrogen functional groups attached to an aromatic ring is 2. The van der Waals surface area contributed by atoms with Gasteiger partial charge in [-0.3, -0.25) is 0 Å². The molecule has 0 bridgehead atoms. The van der Waals surface area contributed by atoms with Gasteiger partial charge in [0.05, 0.1) is 5.16 Å². The van der Waals surface area contributed by atoms with E-state index in [0.717, 1.165) is 21.7 Å². The van der Waals surface area contributed by atoms with E-state index in [-0.39, 0.29) is 0 Å². The van der Waals surface area contributed by atoms with Crippen LogP contribution in [0.3, 0.4) is 0 Å². The average molecular weight is 412 g/mol. The zero-order chi connectivity index (χ0) is 21.2. The van der Waals surface area contributed by atoms with Crippen LogP contribution in [0.15, 0.2) is 109 Å². The highest BCUT2D eigenvalue weighted by Gasteiger charge is 2.49. The van der Waals surface area contributed by atoms with E-state index < -0.39 is 12.3 Å². The van der Waals surface area contributed by atoms with Gasteiger partial charge in [-0.25, -0.2) is 0 Å². The highest BCUT2D eigenvalue weighted by Crippen LogP contribution is 2.64. The van der Waals surface area contributed by atoms with Crippen molar-refractivity contribution in [2.75, 3.05) is 11.5 Å². The molecule has 0 unspecified atom stereocenters. The van der Waals surface area contributed by atoms with Crippen molar-refractivity contribution in [1.82, 2.24) is 0 Å². The molecule has 4 N–H and O–H groups in total. The van der Waals surface area contributed by atoms with Gasteiger partial charge in [0, 0.05) is 22.0 Å². The minimum atomic E-state index is -3.20. The molecule has 0 amide bonds. The first-order valence-electron chi connectivity index (χ1n) is 9.89. The van der Waals surface area contributed by atoms with Crippen molar-refractivity contribution in [3.05, 3.63) is 120 Å². The Hall–Kier alpha value is -3.29. The fourth-order valence-electron chi connectivity index (χ4n) is 4.09. The van der Waals surface area contributed by atoms with Gasteiger partial charge >= 0.3 is 0 Å². The van der Waals surface area contributed by atoms with Crippen LogP contribution in [0, 0.1) is 0 Å². The summed E-state index contributed by atoms with van der Waals surface area (Å²) >= 11 is 0. The summed E-state index contributed by atoms with van der Waals surface area (Å²) in [5.74, 6) is 0. The molecule has 0 fully saturated rings. The summed E-state index contributed by atoms with van der Waals surface area (Å²) in [4.78, 5) is 0. The molecule has 4 aromatic rings. The smallest absolute Gasteiger partial charge is 0.157 e. The molecule has 4 aromatic carbocycles. The second-order valence-corrected chi connectivity index (χ2v) is 10.7.